The number of anilines is 1. The number of aromatic carboxylic acids is 1. The lowest BCUT2D eigenvalue weighted by molar-refractivity contribution is -0.139. The summed E-state index contributed by atoms with van der Waals surface area (Å²) in [6.07, 6.45) is 1.26. The number of carbonyl (C=O) groups excluding carboxylic acids is 2. The zero-order chi connectivity index (χ0) is 26.0. The van der Waals surface area contributed by atoms with Crippen LogP contribution in [0.5, 0.6) is 0 Å². The third-order valence-corrected chi connectivity index (χ3v) is 5.44. The van der Waals surface area contributed by atoms with Crippen molar-refractivity contribution in [3.8, 4) is 0 Å². The Morgan fingerprint density at radius 1 is 0.829 bits per heavy atom. The first kappa shape index (κ1) is 27.5. The lowest BCUT2D eigenvalue weighted by atomic mass is 10.0. The van der Waals surface area contributed by atoms with Crippen molar-refractivity contribution >= 4 is 29.4 Å². The molecule has 0 spiro atoms. The molecule has 188 valence electrons. The maximum Gasteiger partial charge on any atom is 0.335 e. The zero-order valence-corrected chi connectivity index (χ0v) is 20.2. The molecular weight excluding hydrogens is 450 g/mol. The molecule has 2 aromatic rings. The molecule has 0 aliphatic rings. The Morgan fingerprint density at radius 2 is 1.46 bits per heavy atom. The summed E-state index contributed by atoms with van der Waals surface area (Å²) in [4.78, 5) is 48.6. The lowest BCUT2D eigenvalue weighted by Gasteiger charge is -2.25. The first-order valence-corrected chi connectivity index (χ1v) is 11.5. The normalized spacial score (nSPS) is 13.5. The molecule has 2 rings (SSSR count). The third kappa shape index (κ3) is 9.21. The number of rotatable bonds is 13. The first-order valence-electron chi connectivity index (χ1n) is 11.5. The molecule has 2 aromatic carbocycles. The fraction of sp³-hybridized carbons (Fsp3) is 0.385. The van der Waals surface area contributed by atoms with Gasteiger partial charge in [-0.05, 0) is 61.9 Å². The van der Waals surface area contributed by atoms with Gasteiger partial charge in [0.1, 0.15) is 12.1 Å². The van der Waals surface area contributed by atoms with Crippen LogP contribution in [0.15, 0.2) is 54.6 Å². The average molecular weight is 484 g/mol. The van der Waals surface area contributed by atoms with Gasteiger partial charge >= 0.3 is 11.9 Å². The molecule has 0 aromatic heterocycles. The molecule has 2 amide bonds. The van der Waals surface area contributed by atoms with E-state index in [-0.39, 0.29) is 11.5 Å². The van der Waals surface area contributed by atoms with Gasteiger partial charge in [0.05, 0.1) is 11.6 Å². The molecule has 0 unspecified atom stereocenters. The van der Waals surface area contributed by atoms with E-state index in [2.05, 4.69) is 16.0 Å². The van der Waals surface area contributed by atoms with Crippen molar-refractivity contribution in [2.24, 2.45) is 5.92 Å². The zero-order valence-electron chi connectivity index (χ0n) is 20.2. The second-order valence-electron chi connectivity index (χ2n) is 8.87. The van der Waals surface area contributed by atoms with Crippen molar-refractivity contribution in [1.29, 1.82) is 0 Å². The fourth-order valence-electron chi connectivity index (χ4n) is 3.52. The van der Waals surface area contributed by atoms with E-state index in [0.717, 1.165) is 5.56 Å². The van der Waals surface area contributed by atoms with Crippen LogP contribution in [0, 0.1) is 5.92 Å². The predicted octanol–water partition coefficient (Wildman–Crippen LogP) is 2.92. The third-order valence-electron chi connectivity index (χ3n) is 5.44. The molecule has 0 aliphatic heterocycles. The molecule has 35 heavy (non-hydrogen) atoms. The van der Waals surface area contributed by atoms with Gasteiger partial charge in [0.2, 0.25) is 11.8 Å². The Bertz CT molecular complexity index is 1010. The number of aliphatic carboxylic acids is 1. The van der Waals surface area contributed by atoms with Gasteiger partial charge in [-0.1, -0.05) is 44.2 Å². The SMILES string of the molecule is CC(C)C[C@H](NC(=O)[C@H](CCc1ccccc1)N[C@H](C)C(=O)O)C(=O)Nc1ccc(C(=O)O)cc1. The van der Waals surface area contributed by atoms with Crippen molar-refractivity contribution in [2.45, 2.75) is 58.2 Å². The summed E-state index contributed by atoms with van der Waals surface area (Å²) in [5.74, 6) is -2.96. The van der Waals surface area contributed by atoms with E-state index in [1.807, 2.05) is 44.2 Å². The highest BCUT2D eigenvalue weighted by molar-refractivity contribution is 5.98. The average Bonchev–Trinajstić information content (AvgIpc) is 2.81. The molecule has 0 saturated heterocycles. The summed E-state index contributed by atoms with van der Waals surface area (Å²) in [6.45, 7) is 5.31. The Balaban J connectivity index is 2.13. The Kier molecular flexibility index (Phi) is 10.4. The molecule has 9 heteroatoms. The largest absolute Gasteiger partial charge is 0.480 e. The molecule has 9 nitrogen and oxygen atoms in total. The van der Waals surface area contributed by atoms with Crippen molar-refractivity contribution in [3.63, 3.8) is 0 Å². The summed E-state index contributed by atoms with van der Waals surface area (Å²) < 4.78 is 0. The summed E-state index contributed by atoms with van der Waals surface area (Å²) >= 11 is 0. The number of carboxylic acid groups (broad SMARTS) is 2. The number of nitrogens with one attached hydrogen (secondary N) is 3. The van der Waals surface area contributed by atoms with Crippen molar-refractivity contribution in [3.05, 3.63) is 65.7 Å². The molecule has 0 saturated carbocycles. The quantitative estimate of drug-likeness (QED) is 0.294. The number of aryl methyl sites for hydroxylation is 1. The van der Waals surface area contributed by atoms with Crippen molar-refractivity contribution < 1.29 is 29.4 Å². The van der Waals surface area contributed by atoms with E-state index >= 15 is 0 Å². The number of amides is 2. The highest BCUT2D eigenvalue weighted by atomic mass is 16.4. The number of hydrogen-bond donors (Lipinski definition) is 5. The minimum atomic E-state index is -1.08. The van der Waals surface area contributed by atoms with Gasteiger partial charge in [-0.3, -0.25) is 19.7 Å². The smallest absolute Gasteiger partial charge is 0.335 e. The summed E-state index contributed by atoms with van der Waals surface area (Å²) in [5, 5.41) is 26.7. The molecule has 5 N–H and O–H groups in total. The van der Waals surface area contributed by atoms with E-state index in [1.165, 1.54) is 31.2 Å². The van der Waals surface area contributed by atoms with Crippen LogP contribution in [-0.4, -0.2) is 52.1 Å². The van der Waals surface area contributed by atoms with E-state index < -0.39 is 41.9 Å². The second kappa shape index (κ2) is 13.2. The van der Waals surface area contributed by atoms with Crippen LogP contribution in [-0.2, 0) is 20.8 Å². The maximum atomic E-state index is 13.2. The minimum Gasteiger partial charge on any atom is -0.480 e. The van der Waals surface area contributed by atoms with Crippen LogP contribution in [0.3, 0.4) is 0 Å². The molecule has 0 bridgehead atoms. The summed E-state index contributed by atoms with van der Waals surface area (Å²) in [7, 11) is 0. The monoisotopic (exact) mass is 483 g/mol. The van der Waals surface area contributed by atoms with Gasteiger partial charge in [-0.2, -0.15) is 0 Å². The lowest BCUT2D eigenvalue weighted by Crippen LogP contribution is -2.54. The summed E-state index contributed by atoms with van der Waals surface area (Å²) in [6, 6.07) is 12.6. The van der Waals surface area contributed by atoms with E-state index in [1.54, 1.807) is 0 Å². The standard InChI is InChI=1S/C26H33N3O6/c1-16(2)15-22(24(31)28-20-12-10-19(11-13-20)26(34)35)29-23(30)21(27-17(3)25(32)33)14-9-18-7-5-4-6-8-18/h4-8,10-13,16-17,21-22,27H,9,14-15H2,1-3H3,(H,28,31)(H,29,30)(H,32,33)(H,34,35)/t17-,21+,22+/m1/s1. The van der Waals surface area contributed by atoms with E-state index in [0.29, 0.717) is 24.9 Å². The number of carboxylic acids is 2. The fourth-order valence-corrected chi connectivity index (χ4v) is 3.52. The van der Waals surface area contributed by atoms with Crippen molar-refractivity contribution in [1.82, 2.24) is 10.6 Å². The van der Waals surface area contributed by atoms with E-state index in [4.69, 9.17) is 5.11 Å². The molecular formula is C26H33N3O6. The first-order chi connectivity index (χ1) is 16.6. The van der Waals surface area contributed by atoms with Gasteiger partial charge in [-0.25, -0.2) is 4.79 Å². The van der Waals surface area contributed by atoms with Crippen LogP contribution in [0.25, 0.3) is 0 Å². The summed E-state index contributed by atoms with van der Waals surface area (Å²) in [5.41, 5.74) is 1.51. The van der Waals surface area contributed by atoms with E-state index in [9.17, 15) is 24.3 Å². The van der Waals surface area contributed by atoms with Gasteiger partial charge < -0.3 is 20.8 Å². The second-order valence-corrected chi connectivity index (χ2v) is 8.87. The topological polar surface area (TPSA) is 145 Å². The van der Waals surface area contributed by atoms with Crippen LogP contribution < -0.4 is 16.0 Å². The van der Waals surface area contributed by atoms with Crippen LogP contribution in [0.2, 0.25) is 0 Å². The predicted molar refractivity (Wildman–Crippen MR) is 132 cm³/mol. The van der Waals surface area contributed by atoms with Crippen LogP contribution >= 0.6 is 0 Å². The molecule has 0 aliphatic carbocycles. The highest BCUT2D eigenvalue weighted by Crippen LogP contribution is 2.13. The molecule has 3 atom stereocenters. The minimum absolute atomic E-state index is 0.0918. The number of carbonyl (C=O) groups is 4. The van der Waals surface area contributed by atoms with Gasteiger partial charge in [0.15, 0.2) is 0 Å². The highest BCUT2D eigenvalue weighted by Gasteiger charge is 2.28. The Hall–Kier alpha value is -3.72. The number of benzene rings is 2. The number of hydrogen-bond acceptors (Lipinski definition) is 5. The van der Waals surface area contributed by atoms with Crippen LogP contribution in [0.1, 0.15) is 49.5 Å². The van der Waals surface area contributed by atoms with Crippen molar-refractivity contribution in [2.75, 3.05) is 5.32 Å². The molecule has 0 radical (unpaired) electrons. The van der Waals surface area contributed by atoms with Gasteiger partial charge in [0, 0.05) is 5.69 Å². The Labute approximate surface area is 204 Å². The molecule has 0 fully saturated rings. The van der Waals surface area contributed by atoms with Gasteiger partial charge in [0.25, 0.3) is 0 Å². The Morgan fingerprint density at radius 3 is 2.00 bits per heavy atom. The molecule has 0 heterocycles. The van der Waals surface area contributed by atoms with Gasteiger partial charge in [-0.15, -0.1) is 0 Å². The van der Waals surface area contributed by atoms with Crippen LogP contribution in [0.4, 0.5) is 5.69 Å². The maximum absolute atomic E-state index is 13.2.